The Morgan fingerprint density at radius 1 is 1.17 bits per heavy atom. The summed E-state index contributed by atoms with van der Waals surface area (Å²) in [7, 11) is -2.51. The van der Waals surface area contributed by atoms with Crippen LogP contribution in [0, 0.1) is 6.92 Å². The fourth-order valence-corrected chi connectivity index (χ4v) is 3.61. The van der Waals surface area contributed by atoms with Crippen LogP contribution in [-0.4, -0.2) is 28.0 Å². The molecule has 2 aromatic carbocycles. The molecule has 0 saturated carbocycles. The molecular formula is C16H18N2O4S. The second-order valence-electron chi connectivity index (χ2n) is 4.97. The number of rotatable bonds is 6. The van der Waals surface area contributed by atoms with Crippen LogP contribution >= 0.6 is 0 Å². The van der Waals surface area contributed by atoms with Crippen molar-refractivity contribution >= 4 is 21.6 Å². The maximum atomic E-state index is 12.9. The van der Waals surface area contributed by atoms with Gasteiger partial charge in [0, 0.05) is 0 Å². The Morgan fingerprint density at radius 2 is 1.83 bits per heavy atom. The third-order valence-corrected chi connectivity index (χ3v) is 5.01. The van der Waals surface area contributed by atoms with Crippen LogP contribution in [-0.2, 0) is 14.8 Å². The summed E-state index contributed by atoms with van der Waals surface area (Å²) in [5.74, 6) is -0.413. The normalized spacial score (nSPS) is 11.0. The van der Waals surface area contributed by atoms with E-state index < -0.39 is 22.5 Å². The van der Waals surface area contributed by atoms with E-state index >= 15 is 0 Å². The van der Waals surface area contributed by atoms with Crippen LogP contribution in [0.4, 0.5) is 5.69 Å². The van der Waals surface area contributed by atoms with Crippen LogP contribution in [0.15, 0.2) is 53.4 Å². The number of benzene rings is 2. The monoisotopic (exact) mass is 334 g/mol. The molecule has 2 N–H and O–H groups in total. The molecular weight excluding hydrogens is 316 g/mol. The smallest absolute Gasteiger partial charge is 0.264 e. The van der Waals surface area contributed by atoms with Crippen molar-refractivity contribution < 1.29 is 17.9 Å². The van der Waals surface area contributed by atoms with E-state index in [1.807, 2.05) is 6.92 Å². The minimum Gasteiger partial charge on any atom is -0.495 e. The molecule has 7 heteroatoms. The standard InChI is InChI=1S/C16H18N2O4S/c1-12-8-9-15(22-2)14(10-12)18(11-16(17)19)23(20,21)13-6-4-3-5-7-13/h3-10H,11H2,1-2H3,(H2,17,19). The lowest BCUT2D eigenvalue weighted by Crippen LogP contribution is -2.38. The van der Waals surface area contributed by atoms with Gasteiger partial charge in [-0.25, -0.2) is 8.42 Å². The third kappa shape index (κ3) is 3.62. The molecule has 0 heterocycles. The molecule has 0 aliphatic carbocycles. The number of sulfonamides is 1. The van der Waals surface area contributed by atoms with Crippen molar-refractivity contribution in [2.45, 2.75) is 11.8 Å². The van der Waals surface area contributed by atoms with Gasteiger partial charge in [-0.1, -0.05) is 24.3 Å². The van der Waals surface area contributed by atoms with Gasteiger partial charge in [0.25, 0.3) is 10.0 Å². The number of hydrogen-bond acceptors (Lipinski definition) is 4. The molecule has 122 valence electrons. The number of anilines is 1. The first kappa shape index (κ1) is 16.8. The van der Waals surface area contributed by atoms with Crippen LogP contribution in [0.3, 0.4) is 0 Å². The van der Waals surface area contributed by atoms with Gasteiger partial charge in [0.15, 0.2) is 0 Å². The van der Waals surface area contributed by atoms with Gasteiger partial charge < -0.3 is 10.5 Å². The molecule has 0 saturated heterocycles. The number of methoxy groups -OCH3 is 1. The Labute approximate surface area is 135 Å². The highest BCUT2D eigenvalue weighted by Gasteiger charge is 2.28. The van der Waals surface area contributed by atoms with Crippen LogP contribution in [0.25, 0.3) is 0 Å². The first-order valence-electron chi connectivity index (χ1n) is 6.87. The van der Waals surface area contributed by atoms with Gasteiger partial charge in [0.05, 0.1) is 17.7 Å². The Morgan fingerprint density at radius 3 is 2.39 bits per heavy atom. The number of carbonyl (C=O) groups excluding carboxylic acids is 1. The summed E-state index contributed by atoms with van der Waals surface area (Å²) in [6.07, 6.45) is 0. The minimum atomic E-state index is -3.95. The third-order valence-electron chi connectivity index (χ3n) is 3.23. The fraction of sp³-hybridized carbons (Fsp3) is 0.188. The summed E-state index contributed by atoms with van der Waals surface area (Å²) in [6, 6.07) is 13.0. The van der Waals surface area contributed by atoms with Crippen molar-refractivity contribution in [3.63, 3.8) is 0 Å². The fourth-order valence-electron chi connectivity index (χ4n) is 2.16. The molecule has 0 spiro atoms. The minimum absolute atomic E-state index is 0.0739. The Kier molecular flexibility index (Phi) is 4.90. The quantitative estimate of drug-likeness (QED) is 0.870. The molecule has 0 radical (unpaired) electrons. The van der Waals surface area contributed by atoms with Gasteiger partial charge in [-0.2, -0.15) is 0 Å². The lowest BCUT2D eigenvalue weighted by molar-refractivity contribution is -0.116. The Bertz CT molecular complexity index is 804. The van der Waals surface area contributed by atoms with E-state index in [-0.39, 0.29) is 10.6 Å². The molecule has 0 aromatic heterocycles. The zero-order chi connectivity index (χ0) is 17.0. The van der Waals surface area contributed by atoms with Crippen LogP contribution in [0.2, 0.25) is 0 Å². The van der Waals surface area contributed by atoms with Crippen molar-refractivity contribution in [1.82, 2.24) is 0 Å². The second-order valence-corrected chi connectivity index (χ2v) is 6.83. The lowest BCUT2D eigenvalue weighted by Gasteiger charge is -2.25. The molecule has 0 unspecified atom stereocenters. The van der Waals surface area contributed by atoms with Gasteiger partial charge >= 0.3 is 0 Å². The first-order chi connectivity index (χ1) is 10.9. The molecule has 0 bridgehead atoms. The number of nitrogens with two attached hydrogens (primary N) is 1. The topological polar surface area (TPSA) is 89.7 Å². The summed E-state index contributed by atoms with van der Waals surface area (Å²) in [5, 5.41) is 0. The second kappa shape index (κ2) is 6.70. The summed E-state index contributed by atoms with van der Waals surface area (Å²) in [5.41, 5.74) is 6.35. The molecule has 0 aliphatic rings. The van der Waals surface area contributed by atoms with E-state index in [2.05, 4.69) is 0 Å². The highest BCUT2D eigenvalue weighted by atomic mass is 32.2. The van der Waals surface area contributed by atoms with E-state index in [9.17, 15) is 13.2 Å². The first-order valence-corrected chi connectivity index (χ1v) is 8.31. The van der Waals surface area contributed by atoms with Gasteiger partial charge in [-0.3, -0.25) is 9.10 Å². The summed E-state index contributed by atoms with van der Waals surface area (Å²) in [6.45, 7) is 1.34. The zero-order valence-corrected chi connectivity index (χ0v) is 13.7. The van der Waals surface area contributed by atoms with Crippen LogP contribution in [0.1, 0.15) is 5.56 Å². The maximum Gasteiger partial charge on any atom is 0.264 e. The van der Waals surface area contributed by atoms with E-state index in [1.54, 1.807) is 36.4 Å². The maximum absolute atomic E-state index is 12.9. The number of aryl methyl sites for hydroxylation is 1. The van der Waals surface area contributed by atoms with Crippen molar-refractivity contribution in [2.24, 2.45) is 5.73 Å². The number of amides is 1. The van der Waals surface area contributed by atoms with Crippen molar-refractivity contribution in [3.05, 3.63) is 54.1 Å². The average molecular weight is 334 g/mol. The molecule has 2 aromatic rings. The van der Waals surface area contributed by atoms with Gasteiger partial charge in [-0.05, 0) is 36.8 Å². The number of ether oxygens (including phenoxy) is 1. The van der Waals surface area contributed by atoms with Crippen LogP contribution in [0.5, 0.6) is 5.75 Å². The van der Waals surface area contributed by atoms with E-state index in [0.29, 0.717) is 5.75 Å². The zero-order valence-electron chi connectivity index (χ0n) is 12.9. The van der Waals surface area contributed by atoms with Gasteiger partial charge in [-0.15, -0.1) is 0 Å². The summed E-state index contributed by atoms with van der Waals surface area (Å²) < 4.78 is 32.0. The largest absolute Gasteiger partial charge is 0.495 e. The van der Waals surface area contributed by atoms with E-state index in [1.165, 1.54) is 19.2 Å². The Balaban J connectivity index is 2.63. The van der Waals surface area contributed by atoms with Crippen LogP contribution < -0.4 is 14.8 Å². The van der Waals surface area contributed by atoms with Gasteiger partial charge in [0.2, 0.25) is 5.91 Å². The van der Waals surface area contributed by atoms with Crippen molar-refractivity contribution in [1.29, 1.82) is 0 Å². The van der Waals surface area contributed by atoms with Crippen molar-refractivity contribution in [3.8, 4) is 5.75 Å². The molecule has 6 nitrogen and oxygen atoms in total. The highest BCUT2D eigenvalue weighted by molar-refractivity contribution is 7.92. The molecule has 0 aliphatic heterocycles. The number of carbonyl (C=O) groups is 1. The summed E-state index contributed by atoms with van der Waals surface area (Å²) >= 11 is 0. The highest BCUT2D eigenvalue weighted by Crippen LogP contribution is 2.33. The SMILES string of the molecule is COc1ccc(C)cc1N(CC(N)=O)S(=O)(=O)c1ccccc1. The molecule has 1 amide bonds. The predicted octanol–water partition coefficient (Wildman–Crippen LogP) is 1.68. The number of hydrogen-bond donors (Lipinski definition) is 1. The summed E-state index contributed by atoms with van der Waals surface area (Å²) in [4.78, 5) is 11.5. The molecule has 0 fully saturated rings. The lowest BCUT2D eigenvalue weighted by atomic mass is 10.2. The average Bonchev–Trinajstić information content (AvgIpc) is 2.53. The van der Waals surface area contributed by atoms with E-state index in [4.69, 9.17) is 10.5 Å². The molecule has 23 heavy (non-hydrogen) atoms. The predicted molar refractivity (Wildman–Crippen MR) is 87.9 cm³/mol. The number of primary amides is 1. The van der Waals surface area contributed by atoms with Crippen molar-refractivity contribution in [2.75, 3.05) is 18.0 Å². The molecule has 0 atom stereocenters. The van der Waals surface area contributed by atoms with Gasteiger partial charge in [0.1, 0.15) is 12.3 Å². The van der Waals surface area contributed by atoms with E-state index in [0.717, 1.165) is 9.87 Å². The number of nitrogens with zero attached hydrogens (tertiary/aromatic N) is 1. The Hall–Kier alpha value is -2.54. The molecule has 2 rings (SSSR count).